The average Bonchev–Trinajstić information content (AvgIpc) is 2.83. The summed E-state index contributed by atoms with van der Waals surface area (Å²) in [6.07, 6.45) is 0.131. The van der Waals surface area contributed by atoms with E-state index in [0.29, 0.717) is 15.7 Å². The van der Waals surface area contributed by atoms with E-state index in [1.165, 1.54) is 12.0 Å². The van der Waals surface area contributed by atoms with Crippen molar-refractivity contribution in [1.82, 2.24) is 0 Å². The van der Waals surface area contributed by atoms with Gasteiger partial charge in [0.05, 0.1) is 12.7 Å². The monoisotopic (exact) mass is 434 g/mol. The second-order valence-corrected chi connectivity index (χ2v) is 7.23. The number of benzene rings is 1. The Morgan fingerprint density at radius 1 is 1.33 bits per heavy atom. The first-order valence-corrected chi connectivity index (χ1v) is 9.10. The summed E-state index contributed by atoms with van der Waals surface area (Å²) in [7, 11) is 2.78. The summed E-state index contributed by atoms with van der Waals surface area (Å²) < 4.78 is 11.1. The summed E-state index contributed by atoms with van der Waals surface area (Å²) in [5.41, 5.74) is 5.31. The van der Waals surface area contributed by atoms with Crippen molar-refractivity contribution >= 4 is 39.3 Å². The third-order valence-corrected chi connectivity index (χ3v) is 5.44. The molecule has 1 spiro atoms. The molecule has 2 aliphatic heterocycles. The number of hydrogen-bond donors (Lipinski definition) is 1. The lowest BCUT2D eigenvalue weighted by Gasteiger charge is -2.36. The van der Waals surface area contributed by atoms with Crippen LogP contribution in [0.1, 0.15) is 25.8 Å². The van der Waals surface area contributed by atoms with Gasteiger partial charge in [0, 0.05) is 29.2 Å². The van der Waals surface area contributed by atoms with Gasteiger partial charge in [-0.2, -0.15) is 0 Å². The molecule has 0 aliphatic carbocycles. The quantitative estimate of drug-likeness (QED) is 0.732. The molecule has 0 radical (unpaired) electrons. The predicted molar refractivity (Wildman–Crippen MR) is 102 cm³/mol. The summed E-state index contributed by atoms with van der Waals surface area (Å²) in [5, 5.41) is 0. The van der Waals surface area contributed by atoms with Gasteiger partial charge in [-0.05, 0) is 25.1 Å². The summed E-state index contributed by atoms with van der Waals surface area (Å²) in [6.45, 7) is 3.25. The Labute approximate surface area is 164 Å². The zero-order valence-corrected chi connectivity index (χ0v) is 17.0. The summed E-state index contributed by atoms with van der Waals surface area (Å²) in [4.78, 5) is 40.6. The zero-order valence-electron chi connectivity index (χ0n) is 15.4. The van der Waals surface area contributed by atoms with E-state index in [9.17, 15) is 14.4 Å². The van der Waals surface area contributed by atoms with Crippen LogP contribution < -0.4 is 10.6 Å². The third-order valence-electron chi connectivity index (χ3n) is 4.95. The highest BCUT2D eigenvalue weighted by molar-refractivity contribution is 9.10. The predicted octanol–water partition coefficient (Wildman–Crippen LogP) is 2.29. The molecule has 0 aromatic heterocycles. The molecular formula is C19H19BrN2O5. The van der Waals surface area contributed by atoms with E-state index < -0.39 is 17.3 Å². The molecule has 3 rings (SSSR count). The Bertz CT molecular complexity index is 909. The number of ketones is 1. The Morgan fingerprint density at radius 2 is 2.00 bits per heavy atom. The molecule has 7 nitrogen and oxygen atoms in total. The number of fused-ring (bicyclic) bond motifs is 2. The molecule has 2 aliphatic rings. The number of nitrogens with two attached hydrogens (primary N) is 1. The Kier molecular flexibility index (Phi) is 4.63. The number of esters is 1. The van der Waals surface area contributed by atoms with Crippen LogP contribution in [-0.2, 0) is 29.3 Å². The molecule has 0 bridgehead atoms. The van der Waals surface area contributed by atoms with Gasteiger partial charge in [-0.3, -0.25) is 9.59 Å². The van der Waals surface area contributed by atoms with E-state index in [4.69, 9.17) is 15.2 Å². The molecule has 2 N–H and O–H groups in total. The number of ether oxygens (including phenoxy) is 2. The molecule has 1 aromatic rings. The summed E-state index contributed by atoms with van der Waals surface area (Å²) in [5.74, 6) is -1.64. The van der Waals surface area contributed by atoms with E-state index in [2.05, 4.69) is 15.9 Å². The number of rotatable bonds is 3. The van der Waals surface area contributed by atoms with Crippen LogP contribution in [0.5, 0.6) is 0 Å². The first-order chi connectivity index (χ1) is 12.7. The first-order valence-electron chi connectivity index (χ1n) is 8.30. The zero-order chi connectivity index (χ0) is 20.1. The van der Waals surface area contributed by atoms with Crippen LogP contribution in [0.3, 0.4) is 0 Å². The van der Waals surface area contributed by atoms with E-state index >= 15 is 0 Å². The van der Waals surface area contributed by atoms with Crippen molar-refractivity contribution in [2.24, 2.45) is 5.73 Å². The van der Waals surface area contributed by atoms with Crippen molar-refractivity contribution in [3.05, 3.63) is 51.0 Å². The van der Waals surface area contributed by atoms with Crippen LogP contribution in [0.4, 0.5) is 5.69 Å². The summed E-state index contributed by atoms with van der Waals surface area (Å²) >= 11 is 3.41. The van der Waals surface area contributed by atoms with Crippen LogP contribution in [0.25, 0.3) is 0 Å². The largest absolute Gasteiger partial charge is 0.465 e. The third kappa shape index (κ3) is 2.43. The van der Waals surface area contributed by atoms with Crippen molar-refractivity contribution in [3.8, 4) is 0 Å². The molecule has 1 amide bonds. The minimum atomic E-state index is -1.71. The molecular weight excluding hydrogens is 416 g/mol. The molecule has 1 atom stereocenters. The highest BCUT2D eigenvalue weighted by Gasteiger charge is 2.62. The van der Waals surface area contributed by atoms with Crippen LogP contribution in [0, 0.1) is 0 Å². The number of nitrogens with zero attached hydrogens (tertiary/aromatic N) is 1. The number of likely N-dealkylation sites (N-methyl/N-ethyl adjacent to an activating group) is 1. The lowest BCUT2D eigenvalue weighted by atomic mass is 9.66. The Hall–Kier alpha value is -2.61. The van der Waals surface area contributed by atoms with Crippen molar-refractivity contribution in [2.75, 3.05) is 19.1 Å². The van der Waals surface area contributed by atoms with Crippen LogP contribution in [0.2, 0.25) is 0 Å². The van der Waals surface area contributed by atoms with Gasteiger partial charge in [0.2, 0.25) is 11.8 Å². The maximum absolute atomic E-state index is 13.6. The molecule has 1 unspecified atom stereocenters. The first kappa shape index (κ1) is 19.2. The van der Waals surface area contributed by atoms with Crippen molar-refractivity contribution < 1.29 is 23.9 Å². The van der Waals surface area contributed by atoms with Crippen molar-refractivity contribution in [2.45, 2.75) is 25.7 Å². The number of allylic oxidation sites excluding steroid dienone is 1. The number of methoxy groups -OCH3 is 1. The van der Waals surface area contributed by atoms with Gasteiger partial charge in [0.1, 0.15) is 16.7 Å². The summed E-state index contributed by atoms with van der Waals surface area (Å²) in [6, 6.07) is 5.24. The van der Waals surface area contributed by atoms with Crippen molar-refractivity contribution in [1.29, 1.82) is 0 Å². The minimum absolute atomic E-state index is 0.105. The fourth-order valence-electron chi connectivity index (χ4n) is 3.84. The maximum Gasteiger partial charge on any atom is 0.340 e. The average molecular weight is 435 g/mol. The smallest absolute Gasteiger partial charge is 0.340 e. The van der Waals surface area contributed by atoms with Gasteiger partial charge in [-0.15, -0.1) is 0 Å². The number of Topliss-reactive ketones (excluding diaryl/α,β-unsaturated/α-hetero) is 1. The second kappa shape index (κ2) is 6.53. The van der Waals surface area contributed by atoms with Gasteiger partial charge in [0.25, 0.3) is 0 Å². The van der Waals surface area contributed by atoms with E-state index in [1.54, 1.807) is 39.1 Å². The number of amides is 1. The lowest BCUT2D eigenvalue weighted by Crippen LogP contribution is -2.49. The number of carbonyl (C=O) groups is 3. The minimum Gasteiger partial charge on any atom is -0.465 e. The standard InChI is InChI=1S/C19H19BrN2O5/c1-5-13(23)14-9(2)27-16(21)15(17(24)26-4)19(14)11-8-10(20)6-7-12(11)22(3)18(19)25/h6-8H,5,21H2,1-4H3. The highest BCUT2D eigenvalue weighted by Crippen LogP contribution is 2.54. The van der Waals surface area contributed by atoms with Crippen LogP contribution in [-0.4, -0.2) is 31.8 Å². The van der Waals surface area contributed by atoms with Gasteiger partial charge in [0.15, 0.2) is 5.78 Å². The number of hydrogen-bond acceptors (Lipinski definition) is 6. The van der Waals surface area contributed by atoms with Gasteiger partial charge in [-0.25, -0.2) is 4.79 Å². The van der Waals surface area contributed by atoms with Crippen LogP contribution in [0.15, 0.2) is 45.5 Å². The van der Waals surface area contributed by atoms with Gasteiger partial charge < -0.3 is 20.1 Å². The topological polar surface area (TPSA) is 98.9 Å². The molecule has 0 fully saturated rings. The second-order valence-electron chi connectivity index (χ2n) is 6.32. The lowest BCUT2D eigenvalue weighted by molar-refractivity contribution is -0.139. The molecule has 8 heteroatoms. The molecule has 2 heterocycles. The fraction of sp³-hybridized carbons (Fsp3) is 0.316. The maximum atomic E-state index is 13.6. The molecule has 0 saturated heterocycles. The van der Waals surface area contributed by atoms with E-state index in [-0.39, 0.29) is 35.0 Å². The SMILES string of the molecule is CCC(=O)C1=C(C)OC(N)=C(C(=O)OC)C12C(=O)N(C)c1ccc(Br)cc12. The number of halogens is 1. The van der Waals surface area contributed by atoms with E-state index in [0.717, 1.165) is 0 Å². The number of carbonyl (C=O) groups excluding carboxylic acids is 3. The fourth-order valence-corrected chi connectivity index (χ4v) is 4.20. The Balaban J connectivity index is 2.51. The Morgan fingerprint density at radius 3 is 2.59 bits per heavy atom. The molecule has 1 aromatic carbocycles. The molecule has 142 valence electrons. The number of anilines is 1. The van der Waals surface area contributed by atoms with Crippen molar-refractivity contribution in [3.63, 3.8) is 0 Å². The molecule has 27 heavy (non-hydrogen) atoms. The highest BCUT2D eigenvalue weighted by atomic mass is 79.9. The van der Waals surface area contributed by atoms with Crippen LogP contribution >= 0.6 is 15.9 Å². The van der Waals surface area contributed by atoms with Gasteiger partial charge in [-0.1, -0.05) is 22.9 Å². The van der Waals surface area contributed by atoms with Gasteiger partial charge >= 0.3 is 5.97 Å². The van der Waals surface area contributed by atoms with E-state index in [1.807, 2.05) is 0 Å². The normalized spacial score (nSPS) is 21.5. The molecule has 0 saturated carbocycles.